The minimum absolute atomic E-state index is 0.299. The van der Waals surface area contributed by atoms with Crippen molar-refractivity contribution in [1.82, 2.24) is 0 Å². The Morgan fingerprint density at radius 1 is 1.30 bits per heavy atom. The molecular weight excluding hydrogens is 274 g/mol. The van der Waals surface area contributed by atoms with Crippen LogP contribution in [0.2, 0.25) is 0 Å². The Morgan fingerprint density at radius 2 is 1.95 bits per heavy atom. The number of nitrogen functional groups attached to an aromatic ring is 1. The van der Waals surface area contributed by atoms with Crippen molar-refractivity contribution in [3.63, 3.8) is 0 Å². The Balaban J connectivity index is 1.94. The number of carbonyl (C=O) groups excluding carboxylic acids is 1. The fraction of sp³-hybridized carbons (Fsp3) is 0.643. The number of ether oxygens (including phenoxy) is 1. The first-order valence-electron chi connectivity index (χ1n) is 7.12. The number of nitrogens with zero attached hydrogens (tertiary/aromatic N) is 1. The van der Waals surface area contributed by atoms with Crippen LogP contribution in [0.5, 0.6) is 0 Å². The first-order chi connectivity index (χ1) is 9.61. The van der Waals surface area contributed by atoms with E-state index in [1.807, 2.05) is 0 Å². The molecule has 0 amide bonds. The third-order valence-corrected chi connectivity index (χ3v) is 5.41. The number of rotatable bonds is 3. The average molecular weight is 295 g/mol. The lowest BCUT2D eigenvalue weighted by molar-refractivity contribution is 0.0607. The van der Waals surface area contributed by atoms with Crippen LogP contribution in [0.4, 0.5) is 10.7 Å². The second kappa shape index (κ2) is 5.26. The highest BCUT2D eigenvalue weighted by molar-refractivity contribution is 7.18. The van der Waals surface area contributed by atoms with Gasteiger partial charge in [-0.15, -0.1) is 11.3 Å². The first kappa shape index (κ1) is 13.7. The zero-order chi connectivity index (χ0) is 14.3. The zero-order valence-electron chi connectivity index (χ0n) is 11.7. The van der Waals surface area contributed by atoms with E-state index >= 15 is 0 Å². The zero-order valence-corrected chi connectivity index (χ0v) is 12.5. The molecule has 0 spiro atoms. The van der Waals surface area contributed by atoms with Crippen molar-refractivity contribution in [2.75, 3.05) is 30.8 Å². The van der Waals surface area contributed by atoms with Gasteiger partial charge in [0.05, 0.1) is 17.8 Å². The number of hydrogen-bond acceptors (Lipinski definition) is 6. The van der Waals surface area contributed by atoms with Crippen LogP contribution in [0.15, 0.2) is 0 Å². The van der Waals surface area contributed by atoms with Crippen LogP contribution >= 0.6 is 11.3 Å². The Morgan fingerprint density at radius 3 is 2.50 bits per heavy atom. The first-order valence-corrected chi connectivity index (χ1v) is 7.94. The summed E-state index contributed by atoms with van der Waals surface area (Å²) >= 11 is 1.48. The highest BCUT2D eigenvalue weighted by atomic mass is 32.1. The molecule has 0 aromatic carbocycles. The van der Waals surface area contributed by atoms with Crippen molar-refractivity contribution in [1.29, 1.82) is 0 Å². The third kappa shape index (κ3) is 2.38. The average Bonchev–Trinajstić information content (AvgIpc) is 3.22. The fourth-order valence-electron chi connectivity index (χ4n) is 2.79. The van der Waals surface area contributed by atoms with Gasteiger partial charge in [0.15, 0.2) is 0 Å². The second-order valence-electron chi connectivity index (χ2n) is 5.65. The van der Waals surface area contributed by atoms with E-state index in [1.54, 1.807) is 0 Å². The summed E-state index contributed by atoms with van der Waals surface area (Å²) < 4.78 is 4.84. The summed E-state index contributed by atoms with van der Waals surface area (Å²) in [6.45, 7) is 1.89. The maximum Gasteiger partial charge on any atom is 0.350 e. The van der Waals surface area contributed by atoms with Crippen molar-refractivity contribution in [3.05, 3.63) is 10.4 Å². The standard InChI is InChI=1S/C14H21N3O2S/c1-19-14(18)12-11(16)10(8-2-3-8)13(20-12)17-6-4-9(15)5-7-17/h8-9H,2-7,15-16H2,1H3. The van der Waals surface area contributed by atoms with Gasteiger partial charge in [0.1, 0.15) is 4.88 Å². The largest absolute Gasteiger partial charge is 0.465 e. The van der Waals surface area contributed by atoms with Crippen molar-refractivity contribution in [2.45, 2.75) is 37.6 Å². The number of nitrogens with two attached hydrogens (primary N) is 2. The highest BCUT2D eigenvalue weighted by Crippen LogP contribution is 2.52. The number of anilines is 2. The van der Waals surface area contributed by atoms with Gasteiger partial charge in [0.25, 0.3) is 0 Å². The van der Waals surface area contributed by atoms with E-state index in [-0.39, 0.29) is 5.97 Å². The minimum Gasteiger partial charge on any atom is -0.465 e. The van der Waals surface area contributed by atoms with E-state index in [1.165, 1.54) is 36.9 Å². The quantitative estimate of drug-likeness (QED) is 0.833. The lowest BCUT2D eigenvalue weighted by atomic mass is 10.1. The topological polar surface area (TPSA) is 81.6 Å². The summed E-state index contributed by atoms with van der Waals surface area (Å²) in [6, 6.07) is 0.299. The Bertz CT molecular complexity index is 517. The lowest BCUT2D eigenvalue weighted by Crippen LogP contribution is -2.39. The summed E-state index contributed by atoms with van der Waals surface area (Å²) in [7, 11) is 1.40. The maximum atomic E-state index is 11.8. The molecule has 1 saturated carbocycles. The van der Waals surface area contributed by atoms with E-state index in [2.05, 4.69) is 4.90 Å². The maximum absolute atomic E-state index is 11.8. The molecule has 0 radical (unpaired) electrons. The molecule has 0 bridgehead atoms. The summed E-state index contributed by atoms with van der Waals surface area (Å²) in [5, 5.41) is 1.16. The molecule has 6 heteroatoms. The van der Waals surface area contributed by atoms with Crippen molar-refractivity contribution < 1.29 is 9.53 Å². The van der Waals surface area contributed by atoms with E-state index in [9.17, 15) is 4.79 Å². The molecule has 1 saturated heterocycles. The van der Waals surface area contributed by atoms with Crippen molar-refractivity contribution in [3.8, 4) is 0 Å². The molecule has 2 aliphatic rings. The number of hydrogen-bond donors (Lipinski definition) is 2. The Labute approximate surface area is 122 Å². The van der Waals surface area contributed by atoms with Gasteiger partial charge < -0.3 is 21.1 Å². The van der Waals surface area contributed by atoms with Crippen molar-refractivity contribution >= 4 is 28.0 Å². The summed E-state index contributed by atoms with van der Waals surface area (Å²) in [4.78, 5) is 14.7. The molecule has 2 heterocycles. The van der Waals surface area contributed by atoms with Gasteiger partial charge >= 0.3 is 5.97 Å². The predicted octanol–water partition coefficient (Wildman–Crippen LogP) is 1.92. The van der Waals surface area contributed by atoms with E-state index in [0.29, 0.717) is 22.5 Å². The summed E-state index contributed by atoms with van der Waals surface area (Å²) in [6.07, 6.45) is 4.33. The Kier molecular flexibility index (Phi) is 3.60. The number of piperidine rings is 1. The molecule has 3 rings (SSSR count). The van der Waals surface area contributed by atoms with E-state index in [0.717, 1.165) is 30.9 Å². The van der Waals surface area contributed by atoms with E-state index < -0.39 is 0 Å². The predicted molar refractivity (Wildman–Crippen MR) is 81.5 cm³/mol. The lowest BCUT2D eigenvalue weighted by Gasteiger charge is -2.31. The molecule has 0 unspecified atom stereocenters. The van der Waals surface area contributed by atoms with Gasteiger partial charge in [0.2, 0.25) is 0 Å². The van der Waals surface area contributed by atoms with Gasteiger partial charge in [-0.05, 0) is 31.6 Å². The summed E-state index contributed by atoms with van der Waals surface area (Å²) in [5.41, 5.74) is 14.0. The molecule has 110 valence electrons. The number of methoxy groups -OCH3 is 1. The van der Waals surface area contributed by atoms with Crippen LogP contribution in [0.1, 0.15) is 46.8 Å². The molecule has 0 atom stereocenters. The van der Waals surface area contributed by atoms with Crippen LogP contribution in [-0.4, -0.2) is 32.2 Å². The molecule has 1 aromatic rings. The molecule has 1 aliphatic carbocycles. The van der Waals surface area contributed by atoms with Gasteiger partial charge in [0, 0.05) is 24.7 Å². The highest BCUT2D eigenvalue weighted by Gasteiger charge is 2.35. The molecule has 4 N–H and O–H groups in total. The Hall–Kier alpha value is -1.27. The monoisotopic (exact) mass is 295 g/mol. The normalized spacial score (nSPS) is 20.2. The number of thiophene rings is 1. The third-order valence-electron chi connectivity index (χ3n) is 4.15. The van der Waals surface area contributed by atoms with Gasteiger partial charge in [-0.25, -0.2) is 4.79 Å². The molecule has 1 aromatic heterocycles. The van der Waals surface area contributed by atoms with E-state index in [4.69, 9.17) is 16.2 Å². The van der Waals surface area contributed by atoms with Gasteiger partial charge in [-0.3, -0.25) is 0 Å². The van der Waals surface area contributed by atoms with Crippen LogP contribution in [0, 0.1) is 0 Å². The van der Waals surface area contributed by atoms with Crippen LogP contribution in [0.25, 0.3) is 0 Å². The van der Waals surface area contributed by atoms with Crippen molar-refractivity contribution in [2.24, 2.45) is 5.73 Å². The molecule has 20 heavy (non-hydrogen) atoms. The van der Waals surface area contributed by atoms with Crippen LogP contribution in [-0.2, 0) is 4.74 Å². The number of carbonyl (C=O) groups is 1. The molecular formula is C14H21N3O2S. The second-order valence-corrected chi connectivity index (χ2v) is 6.65. The minimum atomic E-state index is -0.325. The smallest absolute Gasteiger partial charge is 0.350 e. The van der Waals surface area contributed by atoms with Crippen LogP contribution < -0.4 is 16.4 Å². The molecule has 1 aliphatic heterocycles. The molecule has 2 fully saturated rings. The van der Waals surface area contributed by atoms with Gasteiger partial charge in [-0.1, -0.05) is 0 Å². The fourth-order valence-corrected chi connectivity index (χ4v) is 4.07. The summed E-state index contributed by atoms with van der Waals surface area (Å²) in [5.74, 6) is 0.199. The van der Waals surface area contributed by atoms with Gasteiger partial charge in [-0.2, -0.15) is 0 Å². The molecule has 5 nitrogen and oxygen atoms in total. The number of esters is 1. The van der Waals surface area contributed by atoms with Crippen LogP contribution in [0.3, 0.4) is 0 Å². The SMILES string of the molecule is COC(=O)c1sc(N2CCC(N)CC2)c(C2CC2)c1N.